The van der Waals surface area contributed by atoms with E-state index in [0.29, 0.717) is 0 Å². The van der Waals surface area contributed by atoms with Crippen LogP contribution in [0, 0.1) is 0 Å². The van der Waals surface area contributed by atoms with Gasteiger partial charge in [-0.2, -0.15) is 0 Å². The Hall–Kier alpha value is 0.130. The zero-order chi connectivity index (χ0) is 8.48. The van der Waals surface area contributed by atoms with Crippen molar-refractivity contribution in [1.29, 1.82) is 0 Å². The summed E-state index contributed by atoms with van der Waals surface area (Å²) >= 11 is 0.781. The van der Waals surface area contributed by atoms with E-state index in [0.717, 1.165) is 30.7 Å². The van der Waals surface area contributed by atoms with Crippen LogP contribution >= 0.6 is 0 Å². The normalized spacial score (nSPS) is 11.5. The van der Waals surface area contributed by atoms with E-state index in [2.05, 4.69) is 0 Å². The topological polar surface area (TPSA) is 54.4 Å². The van der Waals surface area contributed by atoms with Crippen LogP contribution < -0.4 is 2.81 Å². The van der Waals surface area contributed by atoms with Gasteiger partial charge in [-0.05, 0) is 0 Å². The van der Waals surface area contributed by atoms with Crippen molar-refractivity contribution < 1.29 is 13.0 Å². The number of rotatable bonds is 1. The minimum absolute atomic E-state index is 0.0231. The molecule has 3 nitrogen and oxygen atoms in total. The first kappa shape index (κ1) is 9.22. The fourth-order valence-corrected chi connectivity index (χ4v) is 2.07. The van der Waals surface area contributed by atoms with Crippen LogP contribution in [0.4, 0.5) is 0 Å². The van der Waals surface area contributed by atoms with Crippen LogP contribution in [0.1, 0.15) is 0 Å². The van der Waals surface area contributed by atoms with Gasteiger partial charge in [-0.1, -0.05) is 0 Å². The zero-order valence-corrected chi connectivity index (χ0v) is 8.80. The summed E-state index contributed by atoms with van der Waals surface area (Å²) in [6.07, 6.45) is 0. The Balaban J connectivity index is 3.28. The van der Waals surface area contributed by atoms with Crippen molar-refractivity contribution in [3.05, 3.63) is 24.3 Å². The van der Waals surface area contributed by atoms with E-state index < -0.39 is 10.1 Å². The quantitative estimate of drug-likeness (QED) is 0.478. The second kappa shape index (κ2) is 3.25. The van der Waals surface area contributed by atoms with Gasteiger partial charge in [0.15, 0.2) is 0 Å². The Kier molecular flexibility index (Phi) is 2.72. The van der Waals surface area contributed by atoms with Crippen molar-refractivity contribution in [2.45, 2.75) is 4.90 Å². The molecule has 0 saturated heterocycles. The van der Waals surface area contributed by atoms with Crippen molar-refractivity contribution in [2.24, 2.45) is 0 Å². The molecule has 0 saturated carbocycles. The molecule has 0 heterocycles. The van der Waals surface area contributed by atoms with Gasteiger partial charge in [0.1, 0.15) is 0 Å². The van der Waals surface area contributed by atoms with E-state index in [1.807, 2.05) is 6.07 Å². The molecule has 1 N–H and O–H groups in total. The maximum absolute atomic E-state index is 10.6. The molecule has 5 heteroatoms. The SMILES string of the molecule is O=S(=O)(O)c1ccc[c]([Na])c1. The summed E-state index contributed by atoms with van der Waals surface area (Å²) in [6, 6.07) is 6.28. The summed E-state index contributed by atoms with van der Waals surface area (Å²) in [4.78, 5) is -0.0231. The maximum atomic E-state index is 10.6. The van der Waals surface area contributed by atoms with E-state index in [9.17, 15) is 8.42 Å². The van der Waals surface area contributed by atoms with Gasteiger partial charge in [-0.25, -0.2) is 0 Å². The molecular formula is C6H5NaO3S. The van der Waals surface area contributed by atoms with Gasteiger partial charge in [0.25, 0.3) is 0 Å². The van der Waals surface area contributed by atoms with E-state index in [-0.39, 0.29) is 4.90 Å². The molecule has 1 rings (SSSR count). The molecule has 0 atom stereocenters. The first-order chi connectivity index (χ1) is 5.00. The third kappa shape index (κ3) is 2.57. The van der Waals surface area contributed by atoms with Gasteiger partial charge < -0.3 is 0 Å². The number of hydrogen-bond acceptors (Lipinski definition) is 2. The van der Waals surface area contributed by atoms with Crippen LogP contribution in [-0.2, 0) is 10.1 Å². The third-order valence-corrected chi connectivity index (χ3v) is 2.76. The average molecular weight is 180 g/mol. The monoisotopic (exact) mass is 180 g/mol. The summed E-state index contributed by atoms with van der Waals surface area (Å²) in [5, 5.41) is 0. The first-order valence-corrected chi connectivity index (χ1v) is 5.48. The molecular weight excluding hydrogens is 175 g/mol. The summed E-state index contributed by atoms with van der Waals surface area (Å²) in [7, 11) is -4.00. The molecule has 1 aromatic rings. The van der Waals surface area contributed by atoms with E-state index in [1.54, 1.807) is 6.07 Å². The van der Waals surface area contributed by atoms with Crippen molar-refractivity contribution in [2.75, 3.05) is 0 Å². The predicted octanol–water partition coefficient (Wildman–Crippen LogP) is -0.273. The Bertz CT molecular complexity index is 358. The van der Waals surface area contributed by atoms with Crippen LogP contribution in [0.2, 0.25) is 0 Å². The Labute approximate surface area is 82.6 Å². The van der Waals surface area contributed by atoms with E-state index in [1.165, 1.54) is 12.1 Å². The van der Waals surface area contributed by atoms with Gasteiger partial charge in [0.2, 0.25) is 0 Å². The molecule has 11 heavy (non-hydrogen) atoms. The molecule has 0 aliphatic rings. The predicted molar refractivity (Wildman–Crippen MR) is 41.6 cm³/mol. The molecule has 0 aliphatic carbocycles. The number of hydrogen-bond donors (Lipinski definition) is 1. The zero-order valence-electron chi connectivity index (χ0n) is 5.98. The fraction of sp³-hybridized carbons (Fsp3) is 0. The van der Waals surface area contributed by atoms with Crippen LogP contribution in [0.25, 0.3) is 0 Å². The molecule has 0 radical (unpaired) electrons. The van der Waals surface area contributed by atoms with Gasteiger partial charge in [0.05, 0.1) is 0 Å². The van der Waals surface area contributed by atoms with Gasteiger partial charge >= 0.3 is 83.0 Å². The van der Waals surface area contributed by atoms with Crippen molar-refractivity contribution >= 4 is 40.9 Å². The molecule has 0 fully saturated rings. The molecule has 0 aliphatic heterocycles. The fourth-order valence-electron chi connectivity index (χ4n) is 0.776. The minimum atomic E-state index is -4.00. The molecule has 1 aromatic carbocycles. The standard InChI is InChI=1S/C6H5O3S.Na/c7-10(8,9)6-4-2-1-3-5-6;/h1-2,4-5H,(H,7,8,9);. The molecule has 0 amide bonds. The van der Waals surface area contributed by atoms with Gasteiger partial charge in [-0.3, -0.25) is 0 Å². The van der Waals surface area contributed by atoms with E-state index >= 15 is 0 Å². The van der Waals surface area contributed by atoms with Crippen LogP contribution in [0.3, 0.4) is 0 Å². The second-order valence-corrected chi connectivity index (χ2v) is 4.87. The summed E-state index contributed by atoms with van der Waals surface area (Å²) < 4.78 is 30.7. The van der Waals surface area contributed by atoms with Crippen LogP contribution in [-0.4, -0.2) is 40.9 Å². The van der Waals surface area contributed by atoms with Crippen molar-refractivity contribution in [3.63, 3.8) is 0 Å². The summed E-state index contributed by atoms with van der Waals surface area (Å²) in [5.74, 6) is 0. The van der Waals surface area contributed by atoms with Crippen LogP contribution in [0.15, 0.2) is 29.2 Å². The molecule has 0 bridgehead atoms. The van der Waals surface area contributed by atoms with Crippen LogP contribution in [0.5, 0.6) is 0 Å². The Morgan fingerprint density at radius 2 is 2.00 bits per heavy atom. The van der Waals surface area contributed by atoms with Crippen molar-refractivity contribution in [3.8, 4) is 0 Å². The molecule has 0 unspecified atom stereocenters. The average Bonchev–Trinajstić information content (AvgIpc) is 1.86. The van der Waals surface area contributed by atoms with E-state index in [4.69, 9.17) is 4.55 Å². The first-order valence-electron chi connectivity index (χ1n) is 3.04. The van der Waals surface area contributed by atoms with Gasteiger partial charge in [0, 0.05) is 0 Å². The second-order valence-electron chi connectivity index (χ2n) is 2.29. The summed E-state index contributed by atoms with van der Waals surface area (Å²) in [6.45, 7) is 0. The molecule has 0 spiro atoms. The molecule has 0 aromatic heterocycles. The number of benzene rings is 1. The third-order valence-electron chi connectivity index (χ3n) is 1.29. The molecule has 54 valence electrons. The van der Waals surface area contributed by atoms with Crippen molar-refractivity contribution in [1.82, 2.24) is 0 Å². The summed E-state index contributed by atoms with van der Waals surface area (Å²) in [5.41, 5.74) is 0. The van der Waals surface area contributed by atoms with Gasteiger partial charge in [-0.15, -0.1) is 0 Å². The Morgan fingerprint density at radius 3 is 2.36 bits per heavy atom. The Morgan fingerprint density at radius 1 is 1.36 bits per heavy atom.